The van der Waals surface area contributed by atoms with E-state index in [1.54, 1.807) is 20.8 Å². The van der Waals surface area contributed by atoms with Crippen LogP contribution in [-0.4, -0.2) is 28.8 Å². The van der Waals surface area contributed by atoms with Crippen molar-refractivity contribution in [3.05, 3.63) is 35.9 Å². The Bertz CT molecular complexity index is 451. The summed E-state index contributed by atoms with van der Waals surface area (Å²) in [7, 11) is 0. The van der Waals surface area contributed by atoms with Crippen molar-refractivity contribution in [1.29, 1.82) is 0 Å². The second kappa shape index (κ2) is 6.93. The van der Waals surface area contributed by atoms with Gasteiger partial charge in [-0.2, -0.15) is 0 Å². The molecule has 1 aromatic carbocycles. The molecule has 1 rings (SSSR count). The summed E-state index contributed by atoms with van der Waals surface area (Å²) in [5, 5.41) is 11.5. The molecule has 1 aromatic rings. The van der Waals surface area contributed by atoms with Crippen molar-refractivity contribution >= 4 is 12.1 Å². The highest BCUT2D eigenvalue weighted by molar-refractivity contribution is 5.71. The number of carbonyl (C=O) groups excluding carboxylic acids is 1. The highest BCUT2D eigenvalue weighted by atomic mass is 16.6. The van der Waals surface area contributed by atoms with Crippen LogP contribution in [0.2, 0.25) is 0 Å². The number of ether oxygens (including phenoxy) is 1. The summed E-state index contributed by atoms with van der Waals surface area (Å²) in [5.74, 6) is -0.956. The van der Waals surface area contributed by atoms with E-state index in [4.69, 9.17) is 9.84 Å². The summed E-state index contributed by atoms with van der Waals surface area (Å²) in [6.07, 6.45) is -0.291. The SMILES string of the molecule is CC(C)(C)OC(=O)N[C@@H](CC(=O)O)Cc1ccccc1. The van der Waals surface area contributed by atoms with Crippen LogP contribution < -0.4 is 5.32 Å². The van der Waals surface area contributed by atoms with E-state index in [1.807, 2.05) is 30.3 Å². The Kier molecular flexibility index (Phi) is 5.55. The highest BCUT2D eigenvalue weighted by Crippen LogP contribution is 2.10. The second-order valence-corrected chi connectivity index (χ2v) is 5.63. The molecule has 110 valence electrons. The van der Waals surface area contributed by atoms with Crippen LogP contribution in [0.15, 0.2) is 30.3 Å². The summed E-state index contributed by atoms with van der Waals surface area (Å²) < 4.78 is 5.14. The molecule has 0 saturated heterocycles. The Labute approximate surface area is 118 Å². The van der Waals surface area contributed by atoms with Crippen LogP contribution in [0, 0.1) is 0 Å². The zero-order valence-electron chi connectivity index (χ0n) is 12.1. The maximum absolute atomic E-state index is 11.7. The van der Waals surface area contributed by atoms with E-state index in [1.165, 1.54) is 0 Å². The van der Waals surface area contributed by atoms with Gasteiger partial charge in [0.1, 0.15) is 5.60 Å². The first-order chi connectivity index (χ1) is 9.26. The zero-order chi connectivity index (χ0) is 15.2. The summed E-state index contributed by atoms with van der Waals surface area (Å²) in [6.45, 7) is 5.28. The molecular weight excluding hydrogens is 258 g/mol. The van der Waals surface area contributed by atoms with Crippen LogP contribution in [0.1, 0.15) is 32.8 Å². The Morgan fingerprint density at radius 3 is 2.35 bits per heavy atom. The predicted molar refractivity (Wildman–Crippen MR) is 75.6 cm³/mol. The van der Waals surface area contributed by atoms with Crippen molar-refractivity contribution in [3.8, 4) is 0 Å². The average Bonchev–Trinajstić information content (AvgIpc) is 2.26. The molecule has 0 aliphatic heterocycles. The molecule has 0 aromatic heterocycles. The molecule has 5 nitrogen and oxygen atoms in total. The fraction of sp³-hybridized carbons (Fsp3) is 0.467. The van der Waals surface area contributed by atoms with Crippen molar-refractivity contribution in [2.24, 2.45) is 0 Å². The maximum atomic E-state index is 11.7. The Balaban J connectivity index is 2.65. The van der Waals surface area contributed by atoms with Gasteiger partial charge in [0, 0.05) is 6.04 Å². The largest absolute Gasteiger partial charge is 0.481 e. The van der Waals surface area contributed by atoms with E-state index in [2.05, 4.69) is 5.32 Å². The Hall–Kier alpha value is -2.04. The predicted octanol–water partition coefficient (Wildman–Crippen LogP) is 2.60. The third-order valence-corrected chi connectivity index (χ3v) is 2.47. The van der Waals surface area contributed by atoms with Gasteiger partial charge in [-0.3, -0.25) is 4.79 Å². The number of carboxylic acid groups (broad SMARTS) is 1. The van der Waals surface area contributed by atoms with Crippen molar-refractivity contribution in [2.45, 2.75) is 45.3 Å². The molecule has 0 spiro atoms. The molecule has 0 radical (unpaired) electrons. The number of carbonyl (C=O) groups is 2. The second-order valence-electron chi connectivity index (χ2n) is 5.63. The molecule has 0 aliphatic rings. The smallest absolute Gasteiger partial charge is 0.407 e. The average molecular weight is 279 g/mol. The summed E-state index contributed by atoms with van der Waals surface area (Å²) in [5.41, 5.74) is 0.361. The van der Waals surface area contributed by atoms with Crippen LogP contribution in [0.5, 0.6) is 0 Å². The van der Waals surface area contributed by atoms with Crippen LogP contribution in [0.4, 0.5) is 4.79 Å². The topological polar surface area (TPSA) is 75.6 Å². The first-order valence-corrected chi connectivity index (χ1v) is 6.51. The number of benzene rings is 1. The first-order valence-electron chi connectivity index (χ1n) is 6.51. The molecule has 0 unspecified atom stereocenters. The number of nitrogens with one attached hydrogen (secondary N) is 1. The standard InChI is InChI=1S/C15H21NO4/c1-15(2,3)20-14(19)16-12(10-13(17)18)9-11-7-5-4-6-8-11/h4-8,12H,9-10H2,1-3H3,(H,16,19)(H,17,18)/t12-/m1/s1. The molecule has 0 heterocycles. The van der Waals surface area contributed by atoms with Gasteiger partial charge >= 0.3 is 12.1 Å². The quantitative estimate of drug-likeness (QED) is 0.868. The lowest BCUT2D eigenvalue weighted by Crippen LogP contribution is -2.41. The summed E-state index contributed by atoms with van der Waals surface area (Å²) in [4.78, 5) is 22.6. The van der Waals surface area contributed by atoms with Gasteiger partial charge in [-0.1, -0.05) is 30.3 Å². The van der Waals surface area contributed by atoms with Gasteiger partial charge in [0.25, 0.3) is 0 Å². The van der Waals surface area contributed by atoms with Crippen LogP contribution in [-0.2, 0) is 16.0 Å². The first kappa shape index (κ1) is 16.0. The minimum Gasteiger partial charge on any atom is -0.481 e. The minimum atomic E-state index is -0.956. The van der Waals surface area contributed by atoms with E-state index in [-0.39, 0.29) is 6.42 Å². The van der Waals surface area contributed by atoms with Gasteiger partial charge in [0.2, 0.25) is 0 Å². The van der Waals surface area contributed by atoms with Crippen molar-refractivity contribution in [1.82, 2.24) is 5.32 Å². The lowest BCUT2D eigenvalue weighted by molar-refractivity contribution is -0.137. The van der Waals surface area contributed by atoms with Crippen LogP contribution in [0.25, 0.3) is 0 Å². The van der Waals surface area contributed by atoms with Gasteiger partial charge in [-0.05, 0) is 32.8 Å². The van der Waals surface area contributed by atoms with E-state index in [9.17, 15) is 9.59 Å². The number of alkyl carbamates (subject to hydrolysis) is 1. The molecule has 20 heavy (non-hydrogen) atoms. The number of hydrogen-bond donors (Lipinski definition) is 2. The van der Waals surface area contributed by atoms with Gasteiger partial charge in [0.05, 0.1) is 6.42 Å². The highest BCUT2D eigenvalue weighted by Gasteiger charge is 2.21. The fourth-order valence-electron chi connectivity index (χ4n) is 1.76. The molecule has 1 amide bonds. The Morgan fingerprint density at radius 2 is 1.85 bits per heavy atom. The van der Waals surface area contributed by atoms with Crippen molar-refractivity contribution in [3.63, 3.8) is 0 Å². The minimum absolute atomic E-state index is 0.145. The molecule has 5 heteroatoms. The van der Waals surface area contributed by atoms with Gasteiger partial charge < -0.3 is 15.2 Å². The lowest BCUT2D eigenvalue weighted by atomic mass is 10.0. The summed E-state index contributed by atoms with van der Waals surface area (Å²) in [6, 6.07) is 8.93. The number of rotatable bonds is 5. The fourth-order valence-corrected chi connectivity index (χ4v) is 1.76. The molecule has 0 saturated carbocycles. The van der Waals surface area contributed by atoms with Crippen molar-refractivity contribution < 1.29 is 19.4 Å². The van der Waals surface area contributed by atoms with E-state index in [0.29, 0.717) is 6.42 Å². The summed E-state index contributed by atoms with van der Waals surface area (Å²) >= 11 is 0. The third-order valence-electron chi connectivity index (χ3n) is 2.47. The number of carboxylic acids is 1. The van der Waals surface area contributed by atoms with E-state index in [0.717, 1.165) is 5.56 Å². The molecule has 2 N–H and O–H groups in total. The number of hydrogen-bond acceptors (Lipinski definition) is 3. The number of aliphatic carboxylic acids is 1. The van der Waals surface area contributed by atoms with Crippen LogP contribution in [0.3, 0.4) is 0 Å². The third kappa shape index (κ3) is 6.78. The van der Waals surface area contributed by atoms with Gasteiger partial charge in [-0.15, -0.1) is 0 Å². The zero-order valence-corrected chi connectivity index (χ0v) is 12.1. The Morgan fingerprint density at radius 1 is 1.25 bits per heavy atom. The molecular formula is C15H21NO4. The van der Waals surface area contributed by atoms with Crippen LogP contribution >= 0.6 is 0 Å². The molecule has 0 bridgehead atoms. The van der Waals surface area contributed by atoms with E-state index >= 15 is 0 Å². The molecule has 0 fully saturated rings. The molecule has 1 atom stereocenters. The van der Waals surface area contributed by atoms with Gasteiger partial charge in [-0.25, -0.2) is 4.79 Å². The maximum Gasteiger partial charge on any atom is 0.407 e. The van der Waals surface area contributed by atoms with E-state index < -0.39 is 23.7 Å². The number of amides is 1. The molecule has 0 aliphatic carbocycles. The normalized spacial score (nSPS) is 12.6. The van der Waals surface area contributed by atoms with Crippen molar-refractivity contribution in [2.75, 3.05) is 0 Å². The van der Waals surface area contributed by atoms with Gasteiger partial charge in [0.15, 0.2) is 0 Å². The lowest BCUT2D eigenvalue weighted by Gasteiger charge is -2.23. The monoisotopic (exact) mass is 279 g/mol.